The molecular weight excluding hydrogens is 526 g/mol. The first-order chi connectivity index (χ1) is 15.0. The maximum absolute atomic E-state index is 12.7. The van der Waals surface area contributed by atoms with E-state index in [0.717, 1.165) is 30.2 Å². The van der Waals surface area contributed by atoms with E-state index in [1.807, 2.05) is 54.6 Å². The van der Waals surface area contributed by atoms with Gasteiger partial charge in [-0.25, -0.2) is 0 Å². The number of hydrogen-bond donors (Lipinski definition) is 0. The van der Waals surface area contributed by atoms with Crippen LogP contribution >= 0.6 is 12.2 Å². The number of rotatable bonds is 2. The van der Waals surface area contributed by atoms with Crippen molar-refractivity contribution >= 4 is 70.7 Å². The number of para-hydroxylation sites is 4. The van der Waals surface area contributed by atoms with Gasteiger partial charge in [0.1, 0.15) is 0 Å². The number of nitrogens with zero attached hydrogens (tertiary/aromatic N) is 3. The molecular formula is C23H17N3O3STe. The fourth-order valence-corrected chi connectivity index (χ4v) is 6.56. The zero-order chi connectivity index (χ0) is 21.7. The molecule has 3 aromatic rings. The number of carbonyl (C=O) groups excluding carboxylic acids is 2. The summed E-state index contributed by atoms with van der Waals surface area (Å²) in [7, 11) is 3.18. The third kappa shape index (κ3) is 3.28. The third-order valence-electron chi connectivity index (χ3n) is 5.20. The first-order valence-corrected chi connectivity index (χ1v) is 12.3. The maximum atomic E-state index is 12.7. The second-order valence-corrected chi connectivity index (χ2v) is 10.6. The van der Waals surface area contributed by atoms with Crippen LogP contribution < -0.4 is 9.64 Å². The standard InChI is InChI=1S/C23H17N3O3STe/c1-24-21(27)15(22(28)25(2)23(24)30)13-14-11-12-20(31-14)26-16-7-3-5-9-18(16)29-19-10-6-4-8-17(19)26/h3-13H,1-2H3. The Kier molecular flexibility index (Phi) is 4.94. The van der Waals surface area contributed by atoms with E-state index in [1.54, 1.807) is 20.2 Å². The van der Waals surface area contributed by atoms with Crippen molar-refractivity contribution in [3.05, 3.63) is 69.8 Å². The van der Waals surface area contributed by atoms with Crippen molar-refractivity contribution in [3.8, 4) is 11.5 Å². The molecule has 6 nitrogen and oxygen atoms in total. The van der Waals surface area contributed by atoms with Gasteiger partial charge in [0.15, 0.2) is 0 Å². The number of hydrogen-bond acceptors (Lipinski definition) is 5. The number of carbonyl (C=O) groups is 2. The minimum atomic E-state index is -0.851. The second-order valence-electron chi connectivity index (χ2n) is 7.12. The molecule has 2 aliphatic rings. The number of likely N-dealkylation sites (N-methyl/N-ethyl adjacent to an activating group) is 2. The van der Waals surface area contributed by atoms with Crippen LogP contribution in [0.3, 0.4) is 0 Å². The summed E-state index contributed by atoms with van der Waals surface area (Å²) in [4.78, 5) is 30.2. The number of fused-ring (bicyclic) bond motifs is 2. The van der Waals surface area contributed by atoms with Crippen molar-refractivity contribution < 1.29 is 14.3 Å². The summed E-state index contributed by atoms with van der Waals surface area (Å²) < 4.78 is 8.25. The Morgan fingerprint density at radius 1 is 0.839 bits per heavy atom. The van der Waals surface area contributed by atoms with E-state index in [0.29, 0.717) is 0 Å². The predicted molar refractivity (Wildman–Crippen MR) is 124 cm³/mol. The number of thiocarbonyl (C=S) groups is 1. The van der Waals surface area contributed by atoms with Crippen molar-refractivity contribution in [2.75, 3.05) is 19.0 Å². The Hall–Kier alpha value is -2.92. The molecule has 8 heteroatoms. The van der Waals surface area contributed by atoms with Gasteiger partial charge in [-0.1, -0.05) is 0 Å². The number of anilines is 3. The Morgan fingerprint density at radius 2 is 1.39 bits per heavy atom. The molecule has 0 radical (unpaired) electrons. The van der Waals surface area contributed by atoms with Crippen LogP contribution in [-0.4, -0.2) is 61.3 Å². The normalized spacial score (nSPS) is 15.6. The van der Waals surface area contributed by atoms with Crippen LogP contribution in [0, 0.1) is 0 Å². The molecule has 3 heterocycles. The SMILES string of the molecule is CN1C(=O)C(=Cc2ccc(N3c4ccccc4Oc4ccccc43)[te]2)C(=O)N(C)C1=S. The molecule has 1 aromatic heterocycles. The van der Waals surface area contributed by atoms with Gasteiger partial charge in [0.2, 0.25) is 0 Å². The number of benzene rings is 2. The van der Waals surface area contributed by atoms with Crippen LogP contribution in [0.4, 0.5) is 15.1 Å². The number of amides is 2. The van der Waals surface area contributed by atoms with E-state index >= 15 is 0 Å². The van der Waals surface area contributed by atoms with Crippen molar-refractivity contribution in [2.45, 2.75) is 0 Å². The number of ether oxygens (including phenoxy) is 1. The molecule has 2 amide bonds. The summed E-state index contributed by atoms with van der Waals surface area (Å²) in [5.41, 5.74) is 2.11. The molecule has 1 fully saturated rings. The van der Waals surface area contributed by atoms with Gasteiger partial charge in [-0.2, -0.15) is 0 Å². The van der Waals surface area contributed by atoms with E-state index in [-0.39, 0.29) is 22.5 Å². The van der Waals surface area contributed by atoms with Gasteiger partial charge < -0.3 is 0 Å². The fraction of sp³-hybridized carbons (Fsp3) is 0.0870. The summed E-state index contributed by atoms with van der Waals surface area (Å²) in [6, 6.07) is 19.9. The Bertz CT molecular complexity index is 1210. The third-order valence-corrected chi connectivity index (χ3v) is 8.65. The minimum absolute atomic E-state index is 0.146. The van der Waals surface area contributed by atoms with Gasteiger partial charge >= 0.3 is 195 Å². The second kappa shape index (κ2) is 7.65. The van der Waals surface area contributed by atoms with E-state index in [9.17, 15) is 9.59 Å². The van der Waals surface area contributed by atoms with Crippen molar-refractivity contribution in [1.29, 1.82) is 0 Å². The Labute approximate surface area is 194 Å². The summed E-state index contributed by atoms with van der Waals surface area (Å²) in [5, 5.41) is 0.212. The summed E-state index contributed by atoms with van der Waals surface area (Å²) in [6.07, 6.45) is 1.73. The summed E-state index contributed by atoms with van der Waals surface area (Å²) in [6.45, 7) is 0. The Morgan fingerprint density at radius 3 is 1.97 bits per heavy atom. The molecule has 2 aromatic carbocycles. The zero-order valence-corrected chi connectivity index (χ0v) is 19.9. The Balaban J connectivity index is 1.57. The molecule has 0 saturated carbocycles. The van der Waals surface area contributed by atoms with Crippen molar-refractivity contribution in [1.82, 2.24) is 9.80 Å². The molecule has 2 aliphatic heterocycles. The molecule has 0 N–H and O–H groups in total. The van der Waals surface area contributed by atoms with Crippen molar-refractivity contribution in [3.63, 3.8) is 0 Å². The molecule has 5 rings (SSSR count). The predicted octanol–water partition coefficient (Wildman–Crippen LogP) is 3.92. The molecule has 31 heavy (non-hydrogen) atoms. The van der Waals surface area contributed by atoms with Gasteiger partial charge in [-0.15, -0.1) is 0 Å². The van der Waals surface area contributed by atoms with E-state index in [4.69, 9.17) is 17.0 Å². The van der Waals surface area contributed by atoms with Crippen LogP contribution in [0.1, 0.15) is 3.58 Å². The van der Waals surface area contributed by atoms with E-state index < -0.39 is 20.4 Å². The molecule has 0 atom stereocenters. The quantitative estimate of drug-likeness (QED) is 0.166. The van der Waals surface area contributed by atoms with Gasteiger partial charge in [0, 0.05) is 0 Å². The van der Waals surface area contributed by atoms with Crippen molar-refractivity contribution in [2.24, 2.45) is 0 Å². The van der Waals surface area contributed by atoms with Crippen LogP contribution in [0.2, 0.25) is 0 Å². The van der Waals surface area contributed by atoms with Gasteiger partial charge in [0.05, 0.1) is 0 Å². The molecule has 0 unspecified atom stereocenters. The molecule has 154 valence electrons. The first kappa shape index (κ1) is 20.0. The zero-order valence-electron chi connectivity index (χ0n) is 16.7. The summed E-state index contributed by atoms with van der Waals surface area (Å²) >= 11 is 4.32. The van der Waals surface area contributed by atoms with Crippen LogP contribution in [0.15, 0.2) is 66.2 Å². The van der Waals surface area contributed by atoms with Crippen LogP contribution in [0.25, 0.3) is 6.08 Å². The van der Waals surface area contributed by atoms with Crippen LogP contribution in [-0.2, 0) is 9.59 Å². The average molecular weight is 543 g/mol. The fourth-order valence-electron chi connectivity index (χ4n) is 3.60. The molecule has 0 spiro atoms. The molecule has 1 saturated heterocycles. The average Bonchev–Trinajstić information content (AvgIpc) is 3.25. The molecule has 0 bridgehead atoms. The van der Waals surface area contributed by atoms with Crippen LogP contribution in [0.5, 0.6) is 11.5 Å². The topological polar surface area (TPSA) is 53.1 Å². The van der Waals surface area contributed by atoms with E-state index in [1.165, 1.54) is 9.80 Å². The van der Waals surface area contributed by atoms with E-state index in [2.05, 4.69) is 11.0 Å². The van der Waals surface area contributed by atoms with Gasteiger partial charge in [-0.3, -0.25) is 0 Å². The monoisotopic (exact) mass is 545 g/mol. The van der Waals surface area contributed by atoms with Gasteiger partial charge in [-0.05, 0) is 0 Å². The first-order valence-electron chi connectivity index (χ1n) is 9.53. The molecule has 0 aliphatic carbocycles. The van der Waals surface area contributed by atoms with Gasteiger partial charge in [0.25, 0.3) is 0 Å². The summed E-state index contributed by atoms with van der Waals surface area (Å²) in [5.74, 6) is 0.875.